The van der Waals surface area contributed by atoms with E-state index < -0.39 is 0 Å². The summed E-state index contributed by atoms with van der Waals surface area (Å²) in [6.07, 6.45) is 0. The number of nitrogens with zero attached hydrogens (tertiary/aromatic N) is 2. The molecule has 3 rings (SSSR count). The molecule has 0 radical (unpaired) electrons. The van der Waals surface area contributed by atoms with Crippen LogP contribution in [0.4, 0.5) is 5.82 Å². The molecule has 3 aromatic rings. The Balaban J connectivity index is 2.39. The lowest BCUT2D eigenvalue weighted by Gasteiger charge is -2.16. The van der Waals surface area contributed by atoms with Gasteiger partial charge in [-0.2, -0.15) is 5.26 Å². The van der Waals surface area contributed by atoms with Crippen LogP contribution in [-0.4, -0.2) is 4.98 Å². The number of anilines is 1. The quantitative estimate of drug-likeness (QED) is 0.573. The second-order valence-corrected chi connectivity index (χ2v) is 6.67. The van der Waals surface area contributed by atoms with E-state index in [1.165, 1.54) is 0 Å². The van der Waals surface area contributed by atoms with Crippen molar-refractivity contribution in [3.63, 3.8) is 0 Å². The van der Waals surface area contributed by atoms with Crippen LogP contribution in [0.1, 0.15) is 11.1 Å². The second kappa shape index (κ2) is 6.93. The number of benzene rings is 2. The molecule has 0 spiro atoms. The minimum atomic E-state index is 0.133. The number of nitrogen functional groups attached to an aromatic ring is 1. The van der Waals surface area contributed by atoms with Crippen molar-refractivity contribution in [3.8, 4) is 28.5 Å². The van der Waals surface area contributed by atoms with Gasteiger partial charge in [0.1, 0.15) is 17.5 Å². The van der Waals surface area contributed by atoms with Gasteiger partial charge in [-0.15, -0.1) is 0 Å². The molecule has 124 valence electrons. The monoisotopic (exact) mass is 387 g/mol. The largest absolute Gasteiger partial charge is 0.383 e. The molecule has 0 fully saturated rings. The van der Waals surface area contributed by atoms with Crippen molar-refractivity contribution in [2.45, 2.75) is 6.92 Å². The molecule has 0 bridgehead atoms. The molecule has 6 heteroatoms. The molecule has 0 aliphatic rings. The smallest absolute Gasteiger partial charge is 0.142 e. The van der Waals surface area contributed by atoms with E-state index in [2.05, 4.69) is 11.1 Å². The topological polar surface area (TPSA) is 62.7 Å². The van der Waals surface area contributed by atoms with E-state index in [9.17, 15) is 5.26 Å². The fraction of sp³-hybridized carbons (Fsp3) is 0.0526. The van der Waals surface area contributed by atoms with Gasteiger partial charge in [0.15, 0.2) is 0 Å². The van der Waals surface area contributed by atoms with Crippen LogP contribution in [0.15, 0.2) is 42.5 Å². The molecule has 1 aromatic heterocycles. The Labute approximate surface area is 160 Å². The van der Waals surface area contributed by atoms with Crippen molar-refractivity contribution in [3.05, 3.63) is 68.7 Å². The maximum absolute atomic E-state index is 9.58. The van der Waals surface area contributed by atoms with E-state index in [4.69, 9.17) is 40.5 Å². The lowest BCUT2D eigenvalue weighted by atomic mass is 9.93. The summed E-state index contributed by atoms with van der Waals surface area (Å²) in [5.41, 5.74) is 9.82. The van der Waals surface area contributed by atoms with Crippen LogP contribution < -0.4 is 5.73 Å². The van der Waals surface area contributed by atoms with Gasteiger partial charge in [-0.25, -0.2) is 4.98 Å². The Morgan fingerprint density at radius 1 is 1.08 bits per heavy atom. The number of rotatable bonds is 2. The summed E-state index contributed by atoms with van der Waals surface area (Å²) in [5, 5.41) is 10.9. The maximum atomic E-state index is 9.58. The molecule has 0 unspecified atom stereocenters. The van der Waals surface area contributed by atoms with Crippen molar-refractivity contribution in [2.75, 3.05) is 5.73 Å². The molecular formula is C19H12Cl3N3. The first-order chi connectivity index (χ1) is 11.9. The lowest BCUT2D eigenvalue weighted by molar-refractivity contribution is 1.26. The third-order valence-corrected chi connectivity index (χ3v) is 4.95. The Hall–Kier alpha value is -2.25. The first kappa shape index (κ1) is 17.6. The fourth-order valence-corrected chi connectivity index (χ4v) is 3.34. The highest BCUT2D eigenvalue weighted by atomic mass is 35.5. The van der Waals surface area contributed by atoms with Crippen molar-refractivity contribution < 1.29 is 0 Å². The van der Waals surface area contributed by atoms with Crippen LogP contribution in [0, 0.1) is 18.3 Å². The first-order valence-corrected chi connectivity index (χ1v) is 8.48. The molecule has 0 saturated carbocycles. The number of nitriles is 1. The lowest BCUT2D eigenvalue weighted by Crippen LogP contribution is -2.03. The Bertz CT molecular complexity index is 1020. The Morgan fingerprint density at radius 3 is 2.48 bits per heavy atom. The SMILES string of the molecule is Cc1c(-c2cccc(Cl)c2)nc(N)c(C#N)c1-c1cccc(Cl)c1Cl. The third-order valence-electron chi connectivity index (χ3n) is 3.90. The van der Waals surface area contributed by atoms with Crippen molar-refractivity contribution >= 4 is 40.6 Å². The summed E-state index contributed by atoms with van der Waals surface area (Å²) in [6.45, 7) is 1.87. The normalized spacial score (nSPS) is 10.5. The van der Waals surface area contributed by atoms with Crippen LogP contribution in [0.5, 0.6) is 0 Å². The van der Waals surface area contributed by atoms with Crippen LogP contribution in [0.3, 0.4) is 0 Å². The van der Waals surface area contributed by atoms with Crippen LogP contribution in [0.25, 0.3) is 22.4 Å². The van der Waals surface area contributed by atoms with Crippen molar-refractivity contribution in [2.24, 2.45) is 0 Å². The number of aromatic nitrogens is 1. The Morgan fingerprint density at radius 2 is 1.80 bits per heavy atom. The van der Waals surface area contributed by atoms with E-state index in [0.717, 1.165) is 11.1 Å². The maximum Gasteiger partial charge on any atom is 0.142 e. The number of halogens is 3. The molecule has 0 saturated heterocycles. The van der Waals surface area contributed by atoms with Crippen LogP contribution in [-0.2, 0) is 0 Å². The summed E-state index contributed by atoms with van der Waals surface area (Å²) < 4.78 is 0. The number of hydrogen-bond acceptors (Lipinski definition) is 3. The molecule has 0 aliphatic heterocycles. The highest BCUT2D eigenvalue weighted by molar-refractivity contribution is 6.43. The third kappa shape index (κ3) is 3.17. The van der Waals surface area contributed by atoms with Crippen molar-refractivity contribution in [1.29, 1.82) is 5.26 Å². The molecule has 2 aromatic carbocycles. The number of nitrogens with two attached hydrogens (primary N) is 1. The zero-order valence-electron chi connectivity index (χ0n) is 13.1. The molecule has 0 amide bonds. The summed E-state index contributed by atoms with van der Waals surface area (Å²) in [6, 6.07) is 14.7. The summed E-state index contributed by atoms with van der Waals surface area (Å²) >= 11 is 18.6. The second-order valence-electron chi connectivity index (χ2n) is 5.44. The van der Waals surface area contributed by atoms with Gasteiger partial charge in [0.2, 0.25) is 0 Å². The van der Waals surface area contributed by atoms with Gasteiger partial charge in [-0.1, -0.05) is 59.1 Å². The number of hydrogen-bond donors (Lipinski definition) is 1. The Kier molecular flexibility index (Phi) is 4.87. The summed E-state index contributed by atoms with van der Waals surface area (Å²) in [5.74, 6) is 0.133. The van der Waals surface area contributed by atoms with Gasteiger partial charge in [0.25, 0.3) is 0 Å². The molecule has 1 heterocycles. The number of pyridine rings is 1. The van der Waals surface area contributed by atoms with Crippen LogP contribution >= 0.6 is 34.8 Å². The minimum absolute atomic E-state index is 0.133. The molecular weight excluding hydrogens is 377 g/mol. The average molecular weight is 389 g/mol. The summed E-state index contributed by atoms with van der Waals surface area (Å²) in [7, 11) is 0. The van der Waals surface area contributed by atoms with Gasteiger partial charge in [-0.05, 0) is 30.7 Å². The minimum Gasteiger partial charge on any atom is -0.383 e. The van der Waals surface area contributed by atoms with E-state index in [0.29, 0.717) is 31.9 Å². The van der Waals surface area contributed by atoms with Crippen LogP contribution in [0.2, 0.25) is 15.1 Å². The zero-order chi connectivity index (χ0) is 18.1. The zero-order valence-corrected chi connectivity index (χ0v) is 15.4. The van der Waals surface area contributed by atoms with E-state index in [-0.39, 0.29) is 11.4 Å². The predicted molar refractivity (Wildman–Crippen MR) is 104 cm³/mol. The van der Waals surface area contributed by atoms with Gasteiger partial charge in [-0.3, -0.25) is 0 Å². The summed E-state index contributed by atoms with van der Waals surface area (Å²) in [4.78, 5) is 4.41. The molecule has 0 atom stereocenters. The fourth-order valence-electron chi connectivity index (χ4n) is 2.76. The van der Waals surface area contributed by atoms with Gasteiger partial charge < -0.3 is 5.73 Å². The van der Waals surface area contributed by atoms with Crippen molar-refractivity contribution in [1.82, 2.24) is 4.98 Å². The standard InChI is InChI=1S/C19H12Cl3N3/c1-10-16(13-6-3-7-15(21)17(13)22)14(9-23)19(24)25-18(10)11-4-2-5-12(20)8-11/h2-8H,1H3,(H2,24,25). The molecule has 0 aliphatic carbocycles. The molecule has 2 N–H and O–H groups in total. The van der Waals surface area contributed by atoms with E-state index in [1.54, 1.807) is 30.3 Å². The average Bonchev–Trinajstić information content (AvgIpc) is 2.59. The van der Waals surface area contributed by atoms with Gasteiger partial charge >= 0.3 is 0 Å². The van der Waals surface area contributed by atoms with Gasteiger partial charge in [0.05, 0.1) is 15.7 Å². The molecule has 3 nitrogen and oxygen atoms in total. The first-order valence-electron chi connectivity index (χ1n) is 7.34. The highest BCUT2D eigenvalue weighted by Crippen LogP contribution is 2.41. The highest BCUT2D eigenvalue weighted by Gasteiger charge is 2.20. The van der Waals surface area contributed by atoms with E-state index in [1.807, 2.05) is 19.1 Å². The predicted octanol–water partition coefficient (Wildman–Crippen LogP) is 6.14. The van der Waals surface area contributed by atoms with E-state index >= 15 is 0 Å². The van der Waals surface area contributed by atoms with Gasteiger partial charge in [0, 0.05) is 21.7 Å². The molecule has 25 heavy (non-hydrogen) atoms.